The van der Waals surface area contributed by atoms with Crippen molar-refractivity contribution in [1.82, 2.24) is 4.67 Å². The summed E-state index contributed by atoms with van der Waals surface area (Å²) in [7, 11) is 2.42. The smallest absolute Gasteiger partial charge is 0.259 e. The second-order valence-corrected chi connectivity index (χ2v) is 12.3. The molecule has 27 heavy (non-hydrogen) atoms. The third-order valence-corrected chi connectivity index (χ3v) is 6.96. The van der Waals surface area contributed by atoms with Crippen molar-refractivity contribution in [3.8, 4) is 0 Å². The number of ether oxygens (including phenoxy) is 1. The molecular weight excluding hydrogens is 381 g/mol. The Hall–Kier alpha value is -0.205. The van der Waals surface area contributed by atoms with Gasteiger partial charge in [-0.1, -0.05) is 5.82 Å². The van der Waals surface area contributed by atoms with Gasteiger partial charge in [0.25, 0.3) is 8.53 Å². The highest BCUT2D eigenvalue weighted by atomic mass is 31.2. The molecule has 0 aromatic carbocycles. The van der Waals surface area contributed by atoms with E-state index in [9.17, 15) is 4.57 Å². The molecule has 1 saturated heterocycles. The van der Waals surface area contributed by atoms with Crippen LogP contribution in [0.2, 0.25) is 5.82 Å². The van der Waals surface area contributed by atoms with Crippen molar-refractivity contribution in [2.24, 2.45) is 0 Å². The largest absolute Gasteiger partial charge is 0.372 e. The molecule has 0 saturated carbocycles. The van der Waals surface area contributed by atoms with Gasteiger partial charge in [0.05, 0.1) is 14.0 Å². The van der Waals surface area contributed by atoms with Crippen molar-refractivity contribution in [1.29, 1.82) is 0 Å². The molecule has 2 radical (unpaired) electrons. The SMILES string of the molecule is [B]C1COC(/C=C/P(C)(C)=O)C(OP(OCC[N+]#[C-])N(C(C)C)C(C)C)C1. The van der Waals surface area contributed by atoms with Crippen molar-refractivity contribution in [3.63, 3.8) is 0 Å². The Kier molecular flexibility index (Phi) is 10.8. The maximum atomic E-state index is 12.0. The van der Waals surface area contributed by atoms with E-state index in [0.29, 0.717) is 26.2 Å². The first-order valence-corrected chi connectivity index (χ1v) is 13.2. The highest BCUT2D eigenvalue weighted by molar-refractivity contribution is 7.65. The van der Waals surface area contributed by atoms with Gasteiger partial charge in [-0.2, -0.15) is 0 Å². The Morgan fingerprint density at radius 1 is 1.37 bits per heavy atom. The first-order valence-electron chi connectivity index (χ1n) is 9.37. The predicted molar refractivity (Wildman–Crippen MR) is 114 cm³/mol. The third-order valence-electron chi connectivity index (χ3n) is 3.92. The van der Waals surface area contributed by atoms with Gasteiger partial charge < -0.3 is 23.2 Å². The third kappa shape index (κ3) is 9.22. The highest BCUT2D eigenvalue weighted by Crippen LogP contribution is 2.49. The summed E-state index contributed by atoms with van der Waals surface area (Å²) in [6.45, 7) is 19.9. The lowest BCUT2D eigenvalue weighted by Crippen LogP contribution is -2.40. The molecule has 9 heteroatoms. The molecule has 0 spiro atoms. The van der Waals surface area contributed by atoms with Crippen LogP contribution in [0, 0.1) is 6.57 Å². The molecule has 1 rings (SSSR count). The average molecular weight is 414 g/mol. The van der Waals surface area contributed by atoms with E-state index in [1.807, 2.05) is 6.08 Å². The minimum atomic E-state index is -2.30. The van der Waals surface area contributed by atoms with Gasteiger partial charge in [-0.05, 0) is 59.3 Å². The molecule has 0 amide bonds. The summed E-state index contributed by atoms with van der Waals surface area (Å²) in [4.78, 5) is 3.36. The number of rotatable bonds is 10. The van der Waals surface area contributed by atoms with Crippen LogP contribution in [0.3, 0.4) is 0 Å². The zero-order valence-corrected chi connectivity index (χ0v) is 19.2. The molecule has 0 aliphatic carbocycles. The lowest BCUT2D eigenvalue weighted by Gasteiger charge is -2.40. The number of nitrogens with zero attached hydrogens (tertiary/aromatic N) is 2. The van der Waals surface area contributed by atoms with Crippen molar-refractivity contribution >= 4 is 23.5 Å². The van der Waals surface area contributed by atoms with Gasteiger partial charge in [0, 0.05) is 18.7 Å². The summed E-state index contributed by atoms with van der Waals surface area (Å²) in [6, 6.07) is 0.449. The Bertz CT molecular complexity index is 554. The lowest BCUT2D eigenvalue weighted by molar-refractivity contribution is -0.0414. The fraction of sp³-hybridized carbons (Fsp3) is 0.833. The fourth-order valence-corrected chi connectivity index (χ4v) is 5.14. The molecule has 4 unspecified atom stereocenters. The molecule has 0 aromatic heterocycles. The van der Waals surface area contributed by atoms with Crippen molar-refractivity contribution < 1.29 is 18.3 Å². The van der Waals surface area contributed by atoms with Crippen LogP contribution in [0.15, 0.2) is 11.9 Å². The second-order valence-electron chi connectivity index (χ2n) is 7.73. The van der Waals surface area contributed by atoms with Gasteiger partial charge >= 0.3 is 0 Å². The second kappa shape index (κ2) is 11.7. The first-order chi connectivity index (χ1) is 12.5. The van der Waals surface area contributed by atoms with E-state index in [1.54, 1.807) is 19.1 Å². The van der Waals surface area contributed by atoms with E-state index in [2.05, 4.69) is 37.2 Å². The normalized spacial score (nSPS) is 25.4. The van der Waals surface area contributed by atoms with Gasteiger partial charge in [0.2, 0.25) is 6.54 Å². The van der Waals surface area contributed by atoms with Crippen LogP contribution in [0.5, 0.6) is 0 Å². The lowest BCUT2D eigenvalue weighted by atomic mass is 9.80. The summed E-state index contributed by atoms with van der Waals surface area (Å²) >= 11 is 0. The van der Waals surface area contributed by atoms with Crippen molar-refractivity contribution in [3.05, 3.63) is 23.3 Å². The fourth-order valence-electron chi connectivity index (χ4n) is 2.82. The number of hydrogen-bond donors (Lipinski definition) is 0. The predicted octanol–water partition coefficient (Wildman–Crippen LogP) is 4.54. The molecule has 1 aliphatic rings. The zero-order valence-electron chi connectivity index (χ0n) is 17.4. The summed E-state index contributed by atoms with van der Waals surface area (Å²) in [6.07, 6.45) is 1.88. The Labute approximate surface area is 167 Å². The first kappa shape index (κ1) is 24.8. The van der Waals surface area contributed by atoms with Gasteiger partial charge in [0.15, 0.2) is 0 Å². The quantitative estimate of drug-likeness (QED) is 0.228. The van der Waals surface area contributed by atoms with Crippen molar-refractivity contribution in [2.45, 2.75) is 64.2 Å². The summed E-state index contributed by atoms with van der Waals surface area (Å²) in [5.41, 5.74) is 0. The molecule has 0 bridgehead atoms. The molecular formula is C18H33BN2O4P2. The molecule has 6 nitrogen and oxygen atoms in total. The van der Waals surface area contributed by atoms with Gasteiger partial charge in [0.1, 0.15) is 19.9 Å². The number of hydrogen-bond acceptors (Lipinski definition) is 5. The van der Waals surface area contributed by atoms with E-state index in [4.69, 9.17) is 28.2 Å². The average Bonchev–Trinajstić information content (AvgIpc) is 2.52. The van der Waals surface area contributed by atoms with Crippen LogP contribution in [0.25, 0.3) is 4.85 Å². The monoisotopic (exact) mass is 414 g/mol. The standard InChI is InChI=1S/C18H33BN2O4P2/c1-14(2)21(15(3)4)26(24-10-9-20-5)25-18-12-16(19)13-23-17(18)8-11-27(6,7)22/h8,11,14-18H,9-10,12-13H2,1-4,6-7H3/b11-8+. The van der Waals surface area contributed by atoms with Gasteiger partial charge in [-0.3, -0.25) is 0 Å². The molecule has 1 heterocycles. The molecule has 1 aliphatic heterocycles. The minimum absolute atomic E-state index is 0.110. The van der Waals surface area contributed by atoms with Crippen molar-refractivity contribution in [2.75, 3.05) is 33.1 Å². The summed E-state index contributed by atoms with van der Waals surface area (Å²) in [5, 5.41) is 0. The Morgan fingerprint density at radius 2 is 2.00 bits per heavy atom. The molecule has 152 valence electrons. The van der Waals surface area contributed by atoms with E-state index >= 15 is 0 Å². The summed E-state index contributed by atoms with van der Waals surface area (Å²) < 4.78 is 32.5. The summed E-state index contributed by atoms with van der Waals surface area (Å²) in [5.74, 6) is 1.61. The van der Waals surface area contributed by atoms with Crippen LogP contribution in [-0.4, -0.2) is 69.9 Å². The van der Waals surface area contributed by atoms with E-state index in [0.717, 1.165) is 0 Å². The van der Waals surface area contributed by atoms with Gasteiger partial charge in [-0.25, -0.2) is 11.2 Å². The van der Waals surface area contributed by atoms with Crippen LogP contribution < -0.4 is 0 Å². The van der Waals surface area contributed by atoms with E-state index in [1.165, 1.54) is 0 Å². The molecule has 4 atom stereocenters. The van der Waals surface area contributed by atoms with Crippen LogP contribution in [0.4, 0.5) is 0 Å². The molecule has 0 aromatic rings. The zero-order chi connectivity index (χ0) is 20.6. The van der Waals surface area contributed by atoms with Gasteiger partial charge in [-0.15, -0.1) is 0 Å². The molecule has 0 N–H and O–H groups in total. The van der Waals surface area contributed by atoms with Crippen LogP contribution in [0.1, 0.15) is 34.1 Å². The van der Waals surface area contributed by atoms with E-state index in [-0.39, 0.29) is 30.1 Å². The maximum absolute atomic E-state index is 12.0. The minimum Gasteiger partial charge on any atom is -0.372 e. The Balaban J connectivity index is 2.99. The van der Waals surface area contributed by atoms with Crippen LogP contribution >= 0.6 is 15.7 Å². The molecule has 1 fully saturated rings. The maximum Gasteiger partial charge on any atom is 0.259 e. The topological polar surface area (TPSA) is 52.4 Å². The Morgan fingerprint density at radius 3 is 2.52 bits per heavy atom. The van der Waals surface area contributed by atoms with Crippen LogP contribution in [-0.2, 0) is 18.3 Å². The van der Waals surface area contributed by atoms with E-state index < -0.39 is 15.7 Å². The highest BCUT2D eigenvalue weighted by Gasteiger charge is 2.35.